The van der Waals surface area contributed by atoms with Crippen molar-refractivity contribution < 1.29 is 9.50 Å². The maximum atomic E-state index is 13.8. The summed E-state index contributed by atoms with van der Waals surface area (Å²) >= 11 is 4.77. The number of anilines is 1. The Morgan fingerprint density at radius 3 is 2.83 bits per heavy atom. The van der Waals surface area contributed by atoms with Crippen LogP contribution in [-0.2, 0) is 0 Å². The van der Waals surface area contributed by atoms with Crippen LogP contribution in [0.1, 0.15) is 18.9 Å². The number of β-amino-alcohol motifs (C(OH)–C–C–N with tert-alkyl or cyclic N) is 1. The van der Waals surface area contributed by atoms with Crippen LogP contribution < -0.4 is 10.6 Å². The normalized spacial score (nSPS) is 24.1. The number of benzene rings is 1. The second-order valence-corrected chi connectivity index (χ2v) is 5.25. The lowest BCUT2D eigenvalue weighted by Crippen LogP contribution is -2.42. The van der Waals surface area contributed by atoms with Gasteiger partial charge in [-0.15, -0.1) is 0 Å². The fourth-order valence-corrected chi connectivity index (χ4v) is 2.35. The largest absolute Gasteiger partial charge is 0.391 e. The van der Waals surface area contributed by atoms with E-state index in [0.29, 0.717) is 12.5 Å². The molecule has 0 aromatic heterocycles. The second kappa shape index (κ2) is 5.20. The van der Waals surface area contributed by atoms with Crippen molar-refractivity contribution in [3.63, 3.8) is 0 Å². The molecule has 2 rings (SSSR count). The van der Waals surface area contributed by atoms with Crippen LogP contribution >= 0.6 is 12.2 Å². The molecule has 5 heteroatoms. The van der Waals surface area contributed by atoms with E-state index in [2.05, 4.69) is 0 Å². The number of thiocarbonyl (C=S) groups is 1. The summed E-state index contributed by atoms with van der Waals surface area (Å²) in [5.41, 5.74) is 6.45. The van der Waals surface area contributed by atoms with E-state index >= 15 is 0 Å². The number of aliphatic hydroxyl groups is 1. The molecule has 1 aromatic carbocycles. The average Bonchev–Trinajstić information content (AvgIpc) is 2.32. The Kier molecular flexibility index (Phi) is 3.82. The van der Waals surface area contributed by atoms with Gasteiger partial charge in [-0.05, 0) is 30.5 Å². The highest BCUT2D eigenvalue weighted by Gasteiger charge is 2.24. The summed E-state index contributed by atoms with van der Waals surface area (Å²) < 4.78 is 13.8. The van der Waals surface area contributed by atoms with E-state index in [1.54, 1.807) is 12.1 Å². The third kappa shape index (κ3) is 2.62. The fraction of sp³-hybridized carbons (Fsp3) is 0.462. The van der Waals surface area contributed by atoms with Crippen molar-refractivity contribution in [2.75, 3.05) is 18.0 Å². The lowest BCUT2D eigenvalue weighted by atomic mass is 9.95. The number of hydrogen-bond donors (Lipinski definition) is 2. The van der Waals surface area contributed by atoms with E-state index in [1.807, 2.05) is 11.8 Å². The molecule has 3 N–H and O–H groups in total. The molecular formula is C13H17FN2OS. The summed E-state index contributed by atoms with van der Waals surface area (Å²) in [7, 11) is 0. The van der Waals surface area contributed by atoms with E-state index in [-0.39, 0.29) is 16.7 Å². The SMILES string of the molecule is CC1CCN(c2ccc(C(N)=S)c(F)c2)CC1O. The minimum absolute atomic E-state index is 0.0614. The van der Waals surface area contributed by atoms with E-state index in [1.165, 1.54) is 6.07 Å². The number of nitrogens with two attached hydrogens (primary N) is 1. The standard InChI is InChI=1S/C13H17FN2OS/c1-8-4-5-16(7-12(8)17)9-2-3-10(13(15)18)11(14)6-9/h2-3,6,8,12,17H,4-5,7H2,1H3,(H2,15,18). The number of hydrogen-bond acceptors (Lipinski definition) is 3. The first-order chi connectivity index (χ1) is 8.49. The van der Waals surface area contributed by atoms with E-state index in [4.69, 9.17) is 18.0 Å². The number of aliphatic hydroxyl groups excluding tert-OH is 1. The van der Waals surface area contributed by atoms with Gasteiger partial charge in [-0.1, -0.05) is 19.1 Å². The van der Waals surface area contributed by atoms with Crippen molar-refractivity contribution in [2.45, 2.75) is 19.4 Å². The number of piperidine rings is 1. The van der Waals surface area contributed by atoms with Crippen LogP contribution in [0, 0.1) is 11.7 Å². The summed E-state index contributed by atoms with van der Waals surface area (Å²) in [6.45, 7) is 3.38. The molecule has 2 atom stereocenters. The Morgan fingerprint density at radius 2 is 2.28 bits per heavy atom. The van der Waals surface area contributed by atoms with Crippen molar-refractivity contribution >= 4 is 22.9 Å². The van der Waals surface area contributed by atoms with Crippen molar-refractivity contribution in [3.05, 3.63) is 29.6 Å². The average molecular weight is 268 g/mol. The molecule has 1 fully saturated rings. The van der Waals surface area contributed by atoms with E-state index < -0.39 is 5.82 Å². The minimum atomic E-state index is -0.409. The molecule has 1 aliphatic rings. The van der Waals surface area contributed by atoms with Gasteiger partial charge in [0.25, 0.3) is 0 Å². The van der Waals surface area contributed by atoms with E-state index in [9.17, 15) is 9.50 Å². The van der Waals surface area contributed by atoms with Gasteiger partial charge in [0, 0.05) is 24.3 Å². The third-order valence-corrected chi connectivity index (χ3v) is 3.72. The fourth-order valence-electron chi connectivity index (χ4n) is 2.18. The molecule has 0 spiro atoms. The summed E-state index contributed by atoms with van der Waals surface area (Å²) in [5.74, 6) is -0.116. The molecule has 0 bridgehead atoms. The lowest BCUT2D eigenvalue weighted by molar-refractivity contribution is 0.103. The van der Waals surface area contributed by atoms with Gasteiger partial charge < -0.3 is 15.7 Å². The lowest BCUT2D eigenvalue weighted by Gasteiger charge is -2.35. The van der Waals surface area contributed by atoms with Crippen LogP contribution in [0.15, 0.2) is 18.2 Å². The predicted octanol–water partition coefficient (Wildman–Crippen LogP) is 1.67. The van der Waals surface area contributed by atoms with Crippen LogP contribution in [0.5, 0.6) is 0 Å². The zero-order valence-electron chi connectivity index (χ0n) is 10.3. The summed E-state index contributed by atoms with van der Waals surface area (Å²) in [5, 5.41) is 9.85. The zero-order valence-corrected chi connectivity index (χ0v) is 11.1. The zero-order chi connectivity index (χ0) is 13.3. The van der Waals surface area contributed by atoms with Gasteiger partial charge in [-0.2, -0.15) is 0 Å². The topological polar surface area (TPSA) is 49.5 Å². The highest BCUT2D eigenvalue weighted by atomic mass is 32.1. The van der Waals surface area contributed by atoms with Crippen LogP contribution in [0.3, 0.4) is 0 Å². The first kappa shape index (κ1) is 13.2. The molecule has 1 saturated heterocycles. The maximum Gasteiger partial charge on any atom is 0.135 e. The molecule has 1 heterocycles. The smallest absolute Gasteiger partial charge is 0.135 e. The summed E-state index contributed by atoms with van der Waals surface area (Å²) in [6.07, 6.45) is 0.539. The predicted molar refractivity (Wildman–Crippen MR) is 74.3 cm³/mol. The van der Waals surface area contributed by atoms with E-state index in [0.717, 1.165) is 18.7 Å². The van der Waals surface area contributed by atoms with Crippen LogP contribution in [-0.4, -0.2) is 29.3 Å². The Morgan fingerprint density at radius 1 is 1.56 bits per heavy atom. The van der Waals surface area contributed by atoms with Crippen LogP contribution in [0.4, 0.5) is 10.1 Å². The van der Waals surface area contributed by atoms with Gasteiger partial charge in [0.05, 0.1) is 6.10 Å². The molecule has 0 amide bonds. The minimum Gasteiger partial charge on any atom is -0.391 e. The summed E-state index contributed by atoms with van der Waals surface area (Å²) in [6, 6.07) is 4.81. The van der Waals surface area contributed by atoms with Gasteiger partial charge in [-0.3, -0.25) is 0 Å². The third-order valence-electron chi connectivity index (χ3n) is 3.50. The molecule has 98 valence electrons. The van der Waals surface area contributed by atoms with Gasteiger partial charge in [-0.25, -0.2) is 4.39 Å². The van der Waals surface area contributed by atoms with Crippen LogP contribution in [0.2, 0.25) is 0 Å². The Bertz CT molecular complexity index is 466. The number of nitrogens with zero attached hydrogens (tertiary/aromatic N) is 1. The molecule has 0 aliphatic carbocycles. The van der Waals surface area contributed by atoms with Crippen LogP contribution in [0.25, 0.3) is 0 Å². The molecule has 1 aromatic rings. The summed E-state index contributed by atoms with van der Waals surface area (Å²) in [4.78, 5) is 2.04. The molecule has 0 saturated carbocycles. The number of halogens is 1. The van der Waals surface area contributed by atoms with Crippen molar-refractivity contribution in [3.8, 4) is 0 Å². The molecular weight excluding hydrogens is 251 g/mol. The molecule has 0 radical (unpaired) electrons. The number of rotatable bonds is 2. The quantitative estimate of drug-likeness (QED) is 0.801. The first-order valence-electron chi connectivity index (χ1n) is 6.01. The van der Waals surface area contributed by atoms with Crippen molar-refractivity contribution in [1.29, 1.82) is 0 Å². The van der Waals surface area contributed by atoms with Gasteiger partial charge in [0.15, 0.2) is 0 Å². The van der Waals surface area contributed by atoms with Crippen molar-refractivity contribution in [1.82, 2.24) is 0 Å². The van der Waals surface area contributed by atoms with Crippen molar-refractivity contribution in [2.24, 2.45) is 11.7 Å². The Labute approximate surface area is 111 Å². The van der Waals surface area contributed by atoms with Gasteiger partial charge >= 0.3 is 0 Å². The molecule has 2 unspecified atom stereocenters. The highest BCUT2D eigenvalue weighted by Crippen LogP contribution is 2.25. The molecule has 18 heavy (non-hydrogen) atoms. The second-order valence-electron chi connectivity index (χ2n) is 4.81. The maximum absolute atomic E-state index is 13.8. The first-order valence-corrected chi connectivity index (χ1v) is 6.42. The Hall–Kier alpha value is -1.20. The molecule has 3 nitrogen and oxygen atoms in total. The Balaban J connectivity index is 2.19. The van der Waals surface area contributed by atoms with Gasteiger partial charge in [0.1, 0.15) is 10.8 Å². The monoisotopic (exact) mass is 268 g/mol. The van der Waals surface area contributed by atoms with Gasteiger partial charge in [0.2, 0.25) is 0 Å². The highest BCUT2D eigenvalue weighted by molar-refractivity contribution is 7.80. The molecule has 1 aliphatic heterocycles.